The molecule has 0 aliphatic heterocycles. The summed E-state index contributed by atoms with van der Waals surface area (Å²) in [7, 11) is 3.77. The van der Waals surface area contributed by atoms with Gasteiger partial charge in [-0.2, -0.15) is 0 Å². The summed E-state index contributed by atoms with van der Waals surface area (Å²) in [4.78, 5) is 39.1. The van der Waals surface area contributed by atoms with Crippen LogP contribution >= 0.6 is 11.3 Å². The fourth-order valence-corrected chi connectivity index (χ4v) is 2.96. The first-order valence-corrected chi connectivity index (χ1v) is 8.68. The summed E-state index contributed by atoms with van der Waals surface area (Å²) >= 11 is 1.31. The number of nitrogens with one attached hydrogen (secondary N) is 2. The number of hydrogen-bond acceptors (Lipinski definition) is 5. The lowest BCUT2D eigenvalue weighted by Gasteiger charge is -2.10. The van der Waals surface area contributed by atoms with E-state index in [1.165, 1.54) is 11.3 Å². The smallest absolute Gasteiger partial charge is 0.309 e. The van der Waals surface area contributed by atoms with Crippen molar-refractivity contribution in [1.29, 1.82) is 0 Å². The van der Waals surface area contributed by atoms with E-state index in [1.807, 2.05) is 37.2 Å². The van der Waals surface area contributed by atoms with Gasteiger partial charge < -0.3 is 15.5 Å². The first kappa shape index (κ1) is 18.8. The van der Waals surface area contributed by atoms with Crippen molar-refractivity contribution < 1.29 is 14.4 Å². The maximum atomic E-state index is 12.3. The summed E-state index contributed by atoms with van der Waals surface area (Å²) in [5.41, 5.74) is 0.625. The Morgan fingerprint density at radius 1 is 0.960 bits per heavy atom. The van der Waals surface area contributed by atoms with Gasteiger partial charge >= 0.3 is 11.8 Å². The minimum atomic E-state index is -0.678. The second-order valence-corrected chi connectivity index (χ2v) is 6.87. The number of likely N-dealkylation sites (N-methyl/N-ethyl adjacent to an activating group) is 1. The van der Waals surface area contributed by atoms with Crippen molar-refractivity contribution >= 4 is 28.9 Å². The first-order chi connectivity index (χ1) is 12.0. The fraction of sp³-hybridized carbons (Fsp3) is 0.278. The van der Waals surface area contributed by atoms with Crippen LogP contribution in [0.15, 0.2) is 42.5 Å². The molecule has 6 nitrogen and oxygen atoms in total. The molecule has 2 aromatic rings. The van der Waals surface area contributed by atoms with Crippen LogP contribution in [0.4, 0.5) is 0 Å². The molecular weight excluding hydrogens is 338 g/mol. The van der Waals surface area contributed by atoms with E-state index in [0.29, 0.717) is 23.5 Å². The minimum absolute atomic E-state index is 0.0513. The molecule has 132 valence electrons. The van der Waals surface area contributed by atoms with Crippen LogP contribution in [0.25, 0.3) is 0 Å². The molecule has 1 aromatic carbocycles. The Morgan fingerprint density at radius 3 is 2.32 bits per heavy atom. The molecule has 0 bridgehead atoms. The van der Waals surface area contributed by atoms with E-state index >= 15 is 0 Å². The molecule has 0 saturated carbocycles. The Bertz CT molecular complexity index is 741. The van der Waals surface area contributed by atoms with E-state index in [9.17, 15) is 14.4 Å². The number of carbonyl (C=O) groups is 3. The lowest BCUT2D eigenvalue weighted by Crippen LogP contribution is -2.41. The summed E-state index contributed by atoms with van der Waals surface area (Å²) in [5, 5.41) is 5.12. The van der Waals surface area contributed by atoms with Crippen molar-refractivity contribution in [3.63, 3.8) is 0 Å². The van der Waals surface area contributed by atoms with E-state index < -0.39 is 11.8 Å². The van der Waals surface area contributed by atoms with Gasteiger partial charge in [0.25, 0.3) is 0 Å². The molecule has 1 heterocycles. The van der Waals surface area contributed by atoms with E-state index in [0.717, 1.165) is 4.88 Å². The topological polar surface area (TPSA) is 78.5 Å². The quantitative estimate of drug-likeness (QED) is 0.576. The monoisotopic (exact) mass is 359 g/mol. The summed E-state index contributed by atoms with van der Waals surface area (Å²) in [6.07, 6.45) is 0. The van der Waals surface area contributed by atoms with Gasteiger partial charge in [0, 0.05) is 23.5 Å². The van der Waals surface area contributed by atoms with Crippen molar-refractivity contribution in [3.8, 4) is 0 Å². The van der Waals surface area contributed by atoms with E-state index in [2.05, 4.69) is 10.6 Å². The Labute approximate surface area is 150 Å². The van der Waals surface area contributed by atoms with Crippen LogP contribution in [-0.4, -0.2) is 49.7 Å². The van der Waals surface area contributed by atoms with Crippen LogP contribution in [-0.2, 0) is 16.1 Å². The maximum absolute atomic E-state index is 12.3. The molecule has 2 rings (SSSR count). The van der Waals surface area contributed by atoms with E-state index in [1.54, 1.807) is 24.3 Å². The number of rotatable bonds is 7. The molecule has 0 spiro atoms. The van der Waals surface area contributed by atoms with E-state index in [-0.39, 0.29) is 12.3 Å². The molecule has 7 heteroatoms. The van der Waals surface area contributed by atoms with Crippen molar-refractivity contribution in [3.05, 3.63) is 57.8 Å². The molecule has 2 N–H and O–H groups in total. The molecule has 0 saturated heterocycles. The number of nitrogens with zero attached hydrogens (tertiary/aromatic N) is 1. The fourth-order valence-electron chi connectivity index (χ4n) is 2.05. The molecule has 0 fully saturated rings. The van der Waals surface area contributed by atoms with Gasteiger partial charge in [-0.15, -0.1) is 11.3 Å². The molecule has 0 aliphatic carbocycles. The average molecular weight is 359 g/mol. The number of amides is 2. The third kappa shape index (κ3) is 5.81. The van der Waals surface area contributed by atoms with Crippen molar-refractivity contribution in [2.24, 2.45) is 0 Å². The molecule has 0 aliphatic rings. The Hall–Kier alpha value is -2.51. The second-order valence-electron chi connectivity index (χ2n) is 5.70. The van der Waals surface area contributed by atoms with Gasteiger partial charge in [0.2, 0.25) is 5.78 Å². The summed E-state index contributed by atoms with van der Waals surface area (Å²) in [5.74, 6) is -1.38. The number of hydrogen-bond donors (Lipinski definition) is 2. The van der Waals surface area contributed by atoms with Crippen LogP contribution in [0, 0.1) is 0 Å². The standard InChI is InChI=1S/C18H21N3O3S/c1-21(2)11-10-19-17(23)18(24)20-12-14-8-9-15(25-14)16(22)13-6-4-3-5-7-13/h3-9H,10-12H2,1-2H3,(H,19,23)(H,20,24). The molecule has 1 aromatic heterocycles. The third-order valence-corrected chi connectivity index (χ3v) is 4.48. The molecular formula is C18H21N3O3S. The normalized spacial score (nSPS) is 10.5. The van der Waals surface area contributed by atoms with Gasteiger partial charge in [0.15, 0.2) is 0 Å². The highest BCUT2D eigenvalue weighted by Crippen LogP contribution is 2.20. The Morgan fingerprint density at radius 2 is 1.64 bits per heavy atom. The summed E-state index contributed by atoms with van der Waals surface area (Å²) in [6, 6.07) is 12.5. The second kappa shape index (κ2) is 9.10. The maximum Gasteiger partial charge on any atom is 0.309 e. The lowest BCUT2D eigenvalue weighted by atomic mass is 10.1. The van der Waals surface area contributed by atoms with Gasteiger partial charge in [0.05, 0.1) is 11.4 Å². The predicted octanol–water partition coefficient (Wildman–Crippen LogP) is 1.27. The van der Waals surface area contributed by atoms with Crippen molar-refractivity contribution in [2.75, 3.05) is 27.2 Å². The first-order valence-electron chi connectivity index (χ1n) is 7.86. The van der Waals surface area contributed by atoms with Gasteiger partial charge in [-0.1, -0.05) is 30.3 Å². The van der Waals surface area contributed by atoms with Gasteiger partial charge in [0.1, 0.15) is 0 Å². The number of ketones is 1. The van der Waals surface area contributed by atoms with Crippen molar-refractivity contribution in [1.82, 2.24) is 15.5 Å². The zero-order chi connectivity index (χ0) is 18.2. The van der Waals surface area contributed by atoms with Gasteiger partial charge in [-0.25, -0.2) is 0 Å². The highest BCUT2D eigenvalue weighted by molar-refractivity contribution is 7.14. The molecule has 2 amide bonds. The van der Waals surface area contributed by atoms with Crippen LogP contribution in [0.3, 0.4) is 0 Å². The Balaban J connectivity index is 1.84. The zero-order valence-electron chi connectivity index (χ0n) is 14.2. The van der Waals surface area contributed by atoms with Gasteiger partial charge in [-0.3, -0.25) is 14.4 Å². The van der Waals surface area contributed by atoms with Crippen molar-refractivity contribution in [2.45, 2.75) is 6.54 Å². The highest BCUT2D eigenvalue weighted by Gasteiger charge is 2.15. The van der Waals surface area contributed by atoms with Crippen LogP contribution in [0.1, 0.15) is 20.1 Å². The molecule has 0 unspecified atom stereocenters. The third-order valence-electron chi connectivity index (χ3n) is 3.40. The highest BCUT2D eigenvalue weighted by atomic mass is 32.1. The SMILES string of the molecule is CN(C)CCNC(=O)C(=O)NCc1ccc(C(=O)c2ccccc2)s1. The summed E-state index contributed by atoms with van der Waals surface area (Å²) < 4.78 is 0. The largest absolute Gasteiger partial charge is 0.347 e. The number of carbonyl (C=O) groups excluding carboxylic acids is 3. The number of thiophene rings is 1. The number of benzene rings is 1. The van der Waals surface area contributed by atoms with E-state index in [4.69, 9.17) is 0 Å². The molecule has 0 radical (unpaired) electrons. The van der Waals surface area contributed by atoms with Crippen LogP contribution in [0.5, 0.6) is 0 Å². The lowest BCUT2D eigenvalue weighted by molar-refractivity contribution is -0.139. The predicted molar refractivity (Wildman–Crippen MR) is 97.6 cm³/mol. The summed E-state index contributed by atoms with van der Waals surface area (Å²) in [6.45, 7) is 1.29. The minimum Gasteiger partial charge on any atom is -0.347 e. The average Bonchev–Trinajstić information content (AvgIpc) is 3.08. The van der Waals surface area contributed by atoms with Gasteiger partial charge in [-0.05, 0) is 26.2 Å². The molecule has 0 atom stereocenters. The van der Waals surface area contributed by atoms with Crippen LogP contribution in [0.2, 0.25) is 0 Å². The zero-order valence-corrected chi connectivity index (χ0v) is 15.1. The molecule has 25 heavy (non-hydrogen) atoms. The Kier molecular flexibility index (Phi) is 6.85. The van der Waals surface area contributed by atoms with Crippen LogP contribution < -0.4 is 10.6 Å².